The summed E-state index contributed by atoms with van der Waals surface area (Å²) < 4.78 is 10.1. The molecular weight excluding hydrogens is 320 g/mol. The smallest absolute Gasteiger partial charge is 0.270 e. The van der Waals surface area contributed by atoms with E-state index >= 15 is 0 Å². The molecule has 0 unspecified atom stereocenters. The van der Waals surface area contributed by atoms with Crippen molar-refractivity contribution in [2.75, 3.05) is 39.2 Å². The summed E-state index contributed by atoms with van der Waals surface area (Å²) in [7, 11) is 3.30. The maximum absolute atomic E-state index is 12.2. The molecule has 1 heterocycles. The van der Waals surface area contributed by atoms with Gasteiger partial charge in [-0.3, -0.25) is 4.79 Å². The van der Waals surface area contributed by atoms with E-state index < -0.39 is 0 Å². The lowest BCUT2D eigenvalue weighted by Crippen LogP contribution is -2.26. The monoisotopic (exact) mass is 344 g/mol. The van der Waals surface area contributed by atoms with Crippen LogP contribution in [0.3, 0.4) is 0 Å². The highest BCUT2D eigenvalue weighted by atomic mass is 16.5. The van der Waals surface area contributed by atoms with Gasteiger partial charge in [0.15, 0.2) is 0 Å². The van der Waals surface area contributed by atoms with Gasteiger partial charge in [0.2, 0.25) is 0 Å². The summed E-state index contributed by atoms with van der Waals surface area (Å²) in [5.41, 5.74) is 1.48. The molecule has 0 aliphatic heterocycles. The molecule has 0 fully saturated rings. The van der Waals surface area contributed by atoms with E-state index in [1.54, 1.807) is 20.3 Å². The van der Waals surface area contributed by atoms with Crippen LogP contribution in [-0.2, 0) is 11.2 Å². The lowest BCUT2D eigenvalue weighted by Gasteiger charge is -2.08. The Morgan fingerprint density at radius 2 is 1.92 bits per heavy atom. The van der Waals surface area contributed by atoms with E-state index in [4.69, 9.17) is 9.47 Å². The molecule has 2 rings (SSSR count). The first-order valence-electron chi connectivity index (χ1n) is 8.19. The van der Waals surface area contributed by atoms with Crippen molar-refractivity contribution in [3.8, 4) is 5.75 Å². The molecule has 2 aromatic rings. The molecule has 2 N–H and O–H groups in total. The van der Waals surface area contributed by atoms with Gasteiger partial charge < -0.3 is 20.1 Å². The Balaban J connectivity index is 1.79. The summed E-state index contributed by atoms with van der Waals surface area (Å²) in [5, 5.41) is 6.02. The topological polar surface area (TPSA) is 85.4 Å². The van der Waals surface area contributed by atoms with Crippen LogP contribution in [-0.4, -0.2) is 49.8 Å². The number of amides is 1. The van der Waals surface area contributed by atoms with E-state index in [0.29, 0.717) is 24.7 Å². The minimum atomic E-state index is -0.212. The molecule has 0 saturated carbocycles. The number of nitrogens with one attached hydrogen (secondary N) is 2. The van der Waals surface area contributed by atoms with Crippen LogP contribution >= 0.6 is 0 Å². The number of anilines is 1. The molecule has 0 radical (unpaired) electrons. The summed E-state index contributed by atoms with van der Waals surface area (Å²) in [5.74, 6) is 1.24. The van der Waals surface area contributed by atoms with Crippen molar-refractivity contribution in [1.29, 1.82) is 0 Å². The molecular formula is C18H24N4O3. The van der Waals surface area contributed by atoms with Crippen LogP contribution in [0.25, 0.3) is 0 Å². The van der Waals surface area contributed by atoms with Crippen LogP contribution in [0.15, 0.2) is 36.7 Å². The average Bonchev–Trinajstić information content (AvgIpc) is 2.66. The molecule has 0 bridgehead atoms. The Morgan fingerprint density at radius 3 is 2.64 bits per heavy atom. The second-order valence-electron chi connectivity index (χ2n) is 5.42. The fourth-order valence-electron chi connectivity index (χ4n) is 2.21. The third-order valence-corrected chi connectivity index (χ3v) is 3.59. The van der Waals surface area contributed by atoms with Crippen LogP contribution in [0.1, 0.15) is 22.5 Å². The van der Waals surface area contributed by atoms with Gasteiger partial charge in [0.1, 0.15) is 23.6 Å². The van der Waals surface area contributed by atoms with Crippen molar-refractivity contribution < 1.29 is 14.3 Å². The predicted octanol–water partition coefficient (Wildman–Crippen LogP) is 1.91. The van der Waals surface area contributed by atoms with Crippen LogP contribution in [0.5, 0.6) is 5.75 Å². The number of hydrogen-bond acceptors (Lipinski definition) is 6. The second kappa shape index (κ2) is 10.2. The van der Waals surface area contributed by atoms with Crippen LogP contribution in [0, 0.1) is 0 Å². The fourth-order valence-corrected chi connectivity index (χ4v) is 2.21. The van der Waals surface area contributed by atoms with Crippen molar-refractivity contribution in [1.82, 2.24) is 15.3 Å². The fraction of sp³-hybridized carbons (Fsp3) is 0.389. The van der Waals surface area contributed by atoms with Gasteiger partial charge in [-0.25, -0.2) is 9.97 Å². The molecule has 0 saturated heterocycles. The lowest BCUT2D eigenvalue weighted by atomic mass is 10.1. The van der Waals surface area contributed by atoms with Gasteiger partial charge in [-0.2, -0.15) is 0 Å². The number of carbonyl (C=O) groups excluding carboxylic acids is 1. The van der Waals surface area contributed by atoms with Gasteiger partial charge >= 0.3 is 0 Å². The summed E-state index contributed by atoms with van der Waals surface area (Å²) in [4.78, 5) is 20.3. The Kier molecular flexibility index (Phi) is 7.65. The van der Waals surface area contributed by atoms with E-state index in [-0.39, 0.29) is 5.91 Å². The van der Waals surface area contributed by atoms with Gasteiger partial charge in [0.05, 0.1) is 7.11 Å². The molecule has 0 aliphatic rings. The number of aromatic nitrogens is 2. The van der Waals surface area contributed by atoms with Gasteiger partial charge in [0, 0.05) is 32.9 Å². The minimum Gasteiger partial charge on any atom is -0.497 e. The van der Waals surface area contributed by atoms with Gasteiger partial charge in [0.25, 0.3) is 5.91 Å². The van der Waals surface area contributed by atoms with Gasteiger partial charge in [-0.15, -0.1) is 0 Å². The minimum absolute atomic E-state index is 0.212. The Morgan fingerprint density at radius 1 is 1.12 bits per heavy atom. The molecule has 7 nitrogen and oxygen atoms in total. The molecule has 1 aromatic carbocycles. The SMILES string of the molecule is COCCCNc1cc(C(=O)NCCc2ccc(OC)cc2)ncn1. The maximum Gasteiger partial charge on any atom is 0.270 e. The van der Waals surface area contributed by atoms with Gasteiger partial charge in [-0.05, 0) is 30.5 Å². The van der Waals surface area contributed by atoms with Crippen molar-refractivity contribution in [2.24, 2.45) is 0 Å². The number of carbonyl (C=O) groups is 1. The molecule has 1 amide bonds. The number of rotatable bonds is 10. The van der Waals surface area contributed by atoms with E-state index in [1.165, 1.54) is 6.33 Å². The Labute approximate surface area is 147 Å². The van der Waals surface area contributed by atoms with Crippen molar-refractivity contribution in [3.05, 3.63) is 47.9 Å². The van der Waals surface area contributed by atoms with Crippen molar-refractivity contribution >= 4 is 11.7 Å². The van der Waals surface area contributed by atoms with Crippen LogP contribution in [0.2, 0.25) is 0 Å². The molecule has 7 heteroatoms. The summed E-state index contributed by atoms with van der Waals surface area (Å²) >= 11 is 0. The lowest BCUT2D eigenvalue weighted by molar-refractivity contribution is 0.0949. The highest BCUT2D eigenvalue weighted by molar-refractivity contribution is 5.92. The van der Waals surface area contributed by atoms with E-state index in [9.17, 15) is 4.79 Å². The molecule has 0 aliphatic carbocycles. The van der Waals surface area contributed by atoms with Crippen molar-refractivity contribution in [2.45, 2.75) is 12.8 Å². The normalized spacial score (nSPS) is 10.3. The van der Waals surface area contributed by atoms with Crippen LogP contribution < -0.4 is 15.4 Å². The number of benzene rings is 1. The zero-order valence-electron chi connectivity index (χ0n) is 14.6. The summed E-state index contributed by atoms with van der Waals surface area (Å²) in [6, 6.07) is 9.43. The molecule has 25 heavy (non-hydrogen) atoms. The highest BCUT2D eigenvalue weighted by Crippen LogP contribution is 2.11. The summed E-state index contributed by atoms with van der Waals surface area (Å²) in [6.45, 7) is 1.94. The Hall–Kier alpha value is -2.67. The standard InChI is InChI=1S/C18H24N4O3/c1-24-11-3-9-19-17-12-16(21-13-22-17)18(23)20-10-8-14-4-6-15(25-2)7-5-14/h4-7,12-13H,3,8-11H2,1-2H3,(H,20,23)(H,19,21,22). The zero-order valence-corrected chi connectivity index (χ0v) is 14.6. The van der Waals surface area contributed by atoms with E-state index in [1.807, 2.05) is 24.3 Å². The third kappa shape index (κ3) is 6.39. The third-order valence-electron chi connectivity index (χ3n) is 3.59. The van der Waals surface area contributed by atoms with E-state index in [2.05, 4.69) is 20.6 Å². The second-order valence-corrected chi connectivity index (χ2v) is 5.42. The zero-order chi connectivity index (χ0) is 17.9. The largest absolute Gasteiger partial charge is 0.497 e. The Bertz CT molecular complexity index is 662. The average molecular weight is 344 g/mol. The quantitative estimate of drug-likeness (QED) is 0.641. The van der Waals surface area contributed by atoms with E-state index in [0.717, 1.165) is 30.7 Å². The molecule has 0 spiro atoms. The van der Waals surface area contributed by atoms with Crippen molar-refractivity contribution in [3.63, 3.8) is 0 Å². The number of nitrogens with zero attached hydrogens (tertiary/aromatic N) is 2. The molecule has 1 aromatic heterocycles. The molecule has 0 atom stereocenters. The van der Waals surface area contributed by atoms with Gasteiger partial charge in [-0.1, -0.05) is 12.1 Å². The first kappa shape index (κ1) is 18.7. The predicted molar refractivity (Wildman–Crippen MR) is 96.0 cm³/mol. The number of ether oxygens (including phenoxy) is 2. The summed E-state index contributed by atoms with van der Waals surface area (Å²) in [6.07, 6.45) is 2.99. The first-order chi connectivity index (χ1) is 12.2. The first-order valence-corrected chi connectivity index (χ1v) is 8.19. The highest BCUT2D eigenvalue weighted by Gasteiger charge is 2.08. The number of hydrogen-bond donors (Lipinski definition) is 2. The molecule has 134 valence electrons. The number of methoxy groups -OCH3 is 2. The van der Waals surface area contributed by atoms with Crippen LogP contribution in [0.4, 0.5) is 5.82 Å². The maximum atomic E-state index is 12.2.